The first kappa shape index (κ1) is 13.6. The molecule has 1 aliphatic heterocycles. The molecule has 2 aliphatic rings. The van der Waals surface area contributed by atoms with E-state index in [-0.39, 0.29) is 11.9 Å². The van der Waals surface area contributed by atoms with Gasteiger partial charge in [0, 0.05) is 12.6 Å². The van der Waals surface area contributed by atoms with Gasteiger partial charge in [-0.05, 0) is 31.6 Å². The minimum absolute atomic E-state index is 0.109. The Morgan fingerprint density at radius 2 is 1.89 bits per heavy atom. The first-order chi connectivity index (χ1) is 8.55. The smallest absolute Gasteiger partial charge is 0.315 e. The number of sulfone groups is 1. The molecule has 6 heteroatoms. The average molecular weight is 274 g/mol. The Hall–Kier alpha value is -0.780. The van der Waals surface area contributed by atoms with Gasteiger partial charge in [0.15, 0.2) is 9.84 Å². The van der Waals surface area contributed by atoms with Crippen molar-refractivity contribution in [3.63, 3.8) is 0 Å². The van der Waals surface area contributed by atoms with Crippen molar-refractivity contribution in [3.05, 3.63) is 0 Å². The molecule has 0 bridgehead atoms. The molecule has 1 saturated heterocycles. The van der Waals surface area contributed by atoms with Crippen molar-refractivity contribution >= 4 is 15.9 Å². The number of urea groups is 1. The van der Waals surface area contributed by atoms with Gasteiger partial charge >= 0.3 is 6.03 Å². The second kappa shape index (κ2) is 5.91. The minimum Gasteiger partial charge on any atom is -0.338 e. The molecule has 0 aromatic rings. The maximum Gasteiger partial charge on any atom is 0.315 e. The van der Waals surface area contributed by atoms with Crippen LogP contribution in [0.15, 0.2) is 0 Å². The summed E-state index contributed by atoms with van der Waals surface area (Å²) in [5.74, 6) is 0.826. The van der Waals surface area contributed by atoms with Gasteiger partial charge in [0.25, 0.3) is 0 Å². The summed E-state index contributed by atoms with van der Waals surface area (Å²) in [7, 11) is -2.79. The van der Waals surface area contributed by atoms with Crippen LogP contribution in [0.25, 0.3) is 0 Å². The molecule has 0 aromatic carbocycles. The van der Waals surface area contributed by atoms with E-state index in [0.717, 1.165) is 25.7 Å². The van der Waals surface area contributed by atoms with Crippen LogP contribution in [-0.2, 0) is 9.84 Å². The number of carbonyl (C=O) groups is 1. The van der Waals surface area contributed by atoms with Crippen LogP contribution < -0.4 is 10.6 Å². The Kier molecular flexibility index (Phi) is 4.48. The zero-order valence-corrected chi connectivity index (χ0v) is 11.5. The number of amides is 2. The standard InChI is InChI=1S/C12H22N2O3S/c15-12(14-11-3-1-2-4-11)13-7-5-10-6-8-18(16,17)9-10/h10-11H,1-9H2,(H2,13,14,15). The molecule has 0 radical (unpaired) electrons. The van der Waals surface area contributed by atoms with E-state index in [1.54, 1.807) is 0 Å². The van der Waals surface area contributed by atoms with Crippen molar-refractivity contribution in [2.45, 2.75) is 44.6 Å². The summed E-state index contributed by atoms with van der Waals surface area (Å²) in [6.45, 7) is 0.568. The van der Waals surface area contributed by atoms with Crippen molar-refractivity contribution in [3.8, 4) is 0 Å². The highest BCUT2D eigenvalue weighted by Gasteiger charge is 2.27. The maximum atomic E-state index is 11.6. The third-order valence-corrected chi connectivity index (χ3v) is 5.69. The van der Waals surface area contributed by atoms with Crippen molar-refractivity contribution in [2.24, 2.45) is 5.92 Å². The molecule has 1 heterocycles. The first-order valence-electron chi connectivity index (χ1n) is 6.80. The quantitative estimate of drug-likeness (QED) is 0.804. The summed E-state index contributed by atoms with van der Waals surface area (Å²) in [5.41, 5.74) is 0. The van der Waals surface area contributed by atoms with E-state index in [4.69, 9.17) is 0 Å². The lowest BCUT2D eigenvalue weighted by molar-refractivity contribution is 0.236. The number of rotatable bonds is 4. The van der Waals surface area contributed by atoms with Crippen LogP contribution in [0.4, 0.5) is 4.79 Å². The Balaban J connectivity index is 1.59. The van der Waals surface area contributed by atoms with Gasteiger partial charge in [-0.25, -0.2) is 13.2 Å². The highest BCUT2D eigenvalue weighted by molar-refractivity contribution is 7.91. The van der Waals surface area contributed by atoms with Crippen LogP contribution in [0.5, 0.6) is 0 Å². The molecule has 0 spiro atoms. The number of carbonyl (C=O) groups excluding carboxylic acids is 1. The van der Waals surface area contributed by atoms with Gasteiger partial charge in [-0.1, -0.05) is 12.8 Å². The Bertz CT molecular complexity index is 388. The lowest BCUT2D eigenvalue weighted by Crippen LogP contribution is -2.41. The lowest BCUT2D eigenvalue weighted by atomic mass is 10.1. The molecule has 1 unspecified atom stereocenters. The summed E-state index contributed by atoms with van der Waals surface area (Å²) in [4.78, 5) is 11.6. The number of nitrogens with one attached hydrogen (secondary N) is 2. The third-order valence-electron chi connectivity index (χ3n) is 3.86. The molecule has 104 valence electrons. The van der Waals surface area contributed by atoms with Gasteiger partial charge in [0.1, 0.15) is 0 Å². The van der Waals surface area contributed by atoms with Gasteiger partial charge in [-0.3, -0.25) is 0 Å². The molecular formula is C12H22N2O3S. The van der Waals surface area contributed by atoms with E-state index >= 15 is 0 Å². The van der Waals surface area contributed by atoms with Crippen molar-refractivity contribution in [1.29, 1.82) is 0 Å². The van der Waals surface area contributed by atoms with Crippen LogP contribution in [-0.4, -0.2) is 38.5 Å². The molecule has 2 N–H and O–H groups in total. The van der Waals surface area contributed by atoms with Gasteiger partial charge in [0.2, 0.25) is 0 Å². The largest absolute Gasteiger partial charge is 0.338 e. The number of hydrogen-bond acceptors (Lipinski definition) is 3. The summed E-state index contributed by atoms with van der Waals surface area (Å²) in [6, 6.07) is 0.222. The molecule has 1 atom stereocenters. The lowest BCUT2D eigenvalue weighted by Gasteiger charge is -2.14. The van der Waals surface area contributed by atoms with Gasteiger partial charge in [-0.2, -0.15) is 0 Å². The van der Waals surface area contributed by atoms with Gasteiger partial charge in [-0.15, -0.1) is 0 Å². The summed E-state index contributed by atoms with van der Waals surface area (Å²) >= 11 is 0. The van der Waals surface area contributed by atoms with Crippen molar-refractivity contribution in [1.82, 2.24) is 10.6 Å². The molecule has 1 saturated carbocycles. The number of hydrogen-bond donors (Lipinski definition) is 2. The molecule has 2 fully saturated rings. The zero-order chi connectivity index (χ0) is 13.0. The van der Waals surface area contributed by atoms with Gasteiger partial charge in [0.05, 0.1) is 11.5 Å². The van der Waals surface area contributed by atoms with E-state index in [1.807, 2.05) is 0 Å². The van der Waals surface area contributed by atoms with E-state index < -0.39 is 9.84 Å². The van der Waals surface area contributed by atoms with E-state index in [9.17, 15) is 13.2 Å². The van der Waals surface area contributed by atoms with Crippen LogP contribution in [0.2, 0.25) is 0 Å². The Labute approximate surface area is 109 Å². The fourth-order valence-electron chi connectivity index (χ4n) is 2.80. The zero-order valence-electron chi connectivity index (χ0n) is 10.7. The monoisotopic (exact) mass is 274 g/mol. The molecular weight excluding hydrogens is 252 g/mol. The fraction of sp³-hybridized carbons (Fsp3) is 0.917. The normalized spacial score (nSPS) is 27.2. The highest BCUT2D eigenvalue weighted by atomic mass is 32.2. The van der Waals surface area contributed by atoms with Crippen LogP contribution in [0.1, 0.15) is 38.5 Å². The predicted octanol–water partition coefficient (Wildman–Crippen LogP) is 1.05. The van der Waals surface area contributed by atoms with Crippen LogP contribution in [0.3, 0.4) is 0 Å². The van der Waals surface area contributed by atoms with Crippen molar-refractivity contribution < 1.29 is 13.2 Å². The molecule has 5 nitrogen and oxygen atoms in total. The minimum atomic E-state index is -2.79. The van der Waals surface area contributed by atoms with Gasteiger partial charge < -0.3 is 10.6 Å². The Morgan fingerprint density at radius 1 is 1.17 bits per heavy atom. The Morgan fingerprint density at radius 3 is 2.50 bits per heavy atom. The van der Waals surface area contributed by atoms with Crippen LogP contribution in [0, 0.1) is 5.92 Å². The summed E-state index contributed by atoms with van der Waals surface area (Å²) in [6.07, 6.45) is 6.06. The molecule has 2 amide bonds. The molecule has 0 aromatic heterocycles. The molecule has 2 rings (SSSR count). The summed E-state index contributed by atoms with van der Waals surface area (Å²) < 4.78 is 22.5. The molecule has 1 aliphatic carbocycles. The highest BCUT2D eigenvalue weighted by Crippen LogP contribution is 2.21. The second-order valence-electron chi connectivity index (χ2n) is 5.44. The van der Waals surface area contributed by atoms with Crippen LogP contribution >= 0.6 is 0 Å². The predicted molar refractivity (Wildman–Crippen MR) is 70.2 cm³/mol. The van der Waals surface area contributed by atoms with Crippen molar-refractivity contribution in [2.75, 3.05) is 18.1 Å². The second-order valence-corrected chi connectivity index (χ2v) is 7.67. The van der Waals surface area contributed by atoms with E-state index in [2.05, 4.69) is 10.6 Å². The third kappa shape index (κ3) is 4.15. The fourth-order valence-corrected chi connectivity index (χ4v) is 4.71. The topological polar surface area (TPSA) is 75.3 Å². The summed E-state index contributed by atoms with van der Waals surface area (Å²) in [5, 5.41) is 5.77. The van der Waals surface area contributed by atoms with E-state index in [0.29, 0.717) is 24.1 Å². The maximum absolute atomic E-state index is 11.6. The SMILES string of the molecule is O=C(NCCC1CCS(=O)(=O)C1)NC1CCCC1. The average Bonchev–Trinajstić information content (AvgIpc) is 2.88. The molecule has 18 heavy (non-hydrogen) atoms. The van der Waals surface area contributed by atoms with E-state index in [1.165, 1.54) is 12.8 Å². The first-order valence-corrected chi connectivity index (χ1v) is 8.62.